The molecule has 0 N–H and O–H groups in total. The third-order valence-corrected chi connectivity index (χ3v) is 5.39. The molecule has 1 unspecified atom stereocenters. The molecule has 0 bridgehead atoms. The number of ether oxygens (including phenoxy) is 3. The Morgan fingerprint density at radius 3 is 2.50 bits per heavy atom. The molecule has 0 amide bonds. The molecule has 5 heteroatoms. The Morgan fingerprint density at radius 1 is 0.933 bits per heavy atom. The molecule has 0 saturated carbocycles. The summed E-state index contributed by atoms with van der Waals surface area (Å²) in [5.74, 6) is 0.925. The summed E-state index contributed by atoms with van der Waals surface area (Å²) in [5.41, 5.74) is 2.88. The molecule has 0 radical (unpaired) electrons. The van der Waals surface area contributed by atoms with E-state index in [1.54, 1.807) is 25.3 Å². The Labute approximate surface area is 173 Å². The van der Waals surface area contributed by atoms with Crippen LogP contribution in [0.4, 0.5) is 0 Å². The molecule has 30 heavy (non-hydrogen) atoms. The average molecular weight is 398 g/mol. The van der Waals surface area contributed by atoms with Gasteiger partial charge in [-0.1, -0.05) is 48.5 Å². The topological polar surface area (TPSA) is 61.8 Å². The van der Waals surface area contributed by atoms with Crippen molar-refractivity contribution in [2.24, 2.45) is 0 Å². The van der Waals surface area contributed by atoms with Crippen LogP contribution in [0, 0.1) is 0 Å². The Balaban J connectivity index is 1.65. The van der Waals surface area contributed by atoms with Gasteiger partial charge in [0.1, 0.15) is 17.2 Å². The van der Waals surface area contributed by atoms with Crippen molar-refractivity contribution in [2.45, 2.75) is 12.3 Å². The summed E-state index contributed by atoms with van der Waals surface area (Å²) in [6.45, 7) is 0. The molecule has 0 saturated heterocycles. The molecule has 0 aromatic heterocycles. The summed E-state index contributed by atoms with van der Waals surface area (Å²) in [4.78, 5) is 25.3. The van der Waals surface area contributed by atoms with Gasteiger partial charge in [-0.15, -0.1) is 0 Å². The number of esters is 1. The first-order valence-electron chi connectivity index (χ1n) is 9.65. The van der Waals surface area contributed by atoms with Crippen molar-refractivity contribution in [3.8, 4) is 17.2 Å². The highest BCUT2D eigenvalue weighted by Gasteiger charge is 2.39. The summed E-state index contributed by atoms with van der Waals surface area (Å²) < 4.78 is 17.1. The maximum atomic E-state index is 13.0. The van der Waals surface area contributed by atoms with E-state index in [0.717, 1.165) is 11.1 Å². The van der Waals surface area contributed by atoms with E-state index >= 15 is 0 Å². The molecule has 3 aromatic rings. The lowest BCUT2D eigenvalue weighted by molar-refractivity contribution is -0.135. The van der Waals surface area contributed by atoms with Crippen molar-refractivity contribution >= 4 is 17.8 Å². The molecule has 0 spiro atoms. The van der Waals surface area contributed by atoms with Crippen molar-refractivity contribution in [3.05, 3.63) is 94.7 Å². The standard InChI is InChI=1S/C25H18O5/c1-28-19-10-6-5-9-16(19)18-14-22(26)29-20-12-11-17-24(27)21(30-25(17)23(18)20)13-15-7-3-2-4-8-15/h2-13,18H,14H2,1H3. The third-order valence-electron chi connectivity index (χ3n) is 5.39. The van der Waals surface area contributed by atoms with Crippen LogP contribution in [0.15, 0.2) is 72.5 Å². The lowest BCUT2D eigenvalue weighted by Crippen LogP contribution is -2.22. The summed E-state index contributed by atoms with van der Waals surface area (Å²) in [6.07, 6.45) is 1.86. The summed E-state index contributed by atoms with van der Waals surface area (Å²) in [5, 5.41) is 0. The number of Topliss-reactive ketones (excluding diaryl/α,β-unsaturated/α-hetero) is 1. The highest BCUT2D eigenvalue weighted by molar-refractivity contribution is 6.15. The minimum Gasteiger partial charge on any atom is -0.496 e. The molecule has 2 aliphatic heterocycles. The normalized spacial score (nSPS) is 18.4. The van der Waals surface area contributed by atoms with E-state index in [9.17, 15) is 9.59 Å². The number of fused-ring (bicyclic) bond motifs is 3. The average Bonchev–Trinajstić information content (AvgIpc) is 3.09. The zero-order valence-electron chi connectivity index (χ0n) is 16.3. The minimum atomic E-state index is -0.337. The Hall–Kier alpha value is -3.86. The maximum absolute atomic E-state index is 13.0. The Kier molecular flexibility index (Phi) is 4.36. The quantitative estimate of drug-likeness (QED) is 0.362. The van der Waals surface area contributed by atoms with Crippen molar-refractivity contribution < 1.29 is 23.8 Å². The van der Waals surface area contributed by atoms with Crippen LogP contribution in [-0.4, -0.2) is 18.9 Å². The highest BCUT2D eigenvalue weighted by atomic mass is 16.5. The molecule has 0 fully saturated rings. The molecule has 3 aromatic carbocycles. The second kappa shape index (κ2) is 7.19. The van der Waals surface area contributed by atoms with E-state index in [-0.39, 0.29) is 29.9 Å². The van der Waals surface area contributed by atoms with Crippen LogP contribution in [0.3, 0.4) is 0 Å². The van der Waals surface area contributed by atoms with Gasteiger partial charge in [0.15, 0.2) is 5.76 Å². The predicted octanol–water partition coefficient (Wildman–Crippen LogP) is 4.75. The van der Waals surface area contributed by atoms with Gasteiger partial charge in [-0.25, -0.2) is 0 Å². The van der Waals surface area contributed by atoms with Gasteiger partial charge in [0.05, 0.1) is 19.1 Å². The van der Waals surface area contributed by atoms with Crippen LogP contribution in [0.2, 0.25) is 0 Å². The Morgan fingerprint density at radius 2 is 1.70 bits per heavy atom. The van der Waals surface area contributed by atoms with Gasteiger partial charge in [-0.3, -0.25) is 9.59 Å². The zero-order chi connectivity index (χ0) is 20.7. The van der Waals surface area contributed by atoms with E-state index in [4.69, 9.17) is 14.2 Å². The Bertz CT molecular complexity index is 1190. The van der Waals surface area contributed by atoms with Gasteiger partial charge < -0.3 is 14.2 Å². The molecule has 5 nitrogen and oxygen atoms in total. The number of hydrogen-bond donors (Lipinski definition) is 0. The smallest absolute Gasteiger partial charge is 0.312 e. The number of carbonyl (C=O) groups excluding carboxylic acids is 2. The van der Waals surface area contributed by atoms with Crippen molar-refractivity contribution in [2.75, 3.05) is 7.11 Å². The van der Waals surface area contributed by atoms with Gasteiger partial charge in [0, 0.05) is 17.0 Å². The van der Waals surface area contributed by atoms with Gasteiger partial charge in [-0.05, 0) is 29.8 Å². The van der Waals surface area contributed by atoms with Crippen LogP contribution in [0.1, 0.15) is 39.4 Å². The molecule has 2 aliphatic rings. The van der Waals surface area contributed by atoms with Crippen LogP contribution in [0.25, 0.3) is 6.08 Å². The molecule has 148 valence electrons. The number of carbonyl (C=O) groups is 2. The van der Waals surface area contributed by atoms with Crippen LogP contribution in [0.5, 0.6) is 17.2 Å². The SMILES string of the molecule is COc1ccccc1C1CC(=O)Oc2ccc3c(c21)OC(=Cc1ccccc1)C3=O. The molecule has 5 rings (SSSR count). The summed E-state index contributed by atoms with van der Waals surface area (Å²) >= 11 is 0. The molecular formula is C25H18O5. The van der Waals surface area contributed by atoms with Gasteiger partial charge >= 0.3 is 5.97 Å². The van der Waals surface area contributed by atoms with E-state index in [1.807, 2.05) is 54.6 Å². The molecular weight excluding hydrogens is 380 g/mol. The van der Waals surface area contributed by atoms with Crippen LogP contribution >= 0.6 is 0 Å². The first-order chi connectivity index (χ1) is 14.7. The lowest BCUT2D eigenvalue weighted by atomic mass is 9.84. The largest absolute Gasteiger partial charge is 0.496 e. The summed E-state index contributed by atoms with van der Waals surface area (Å²) in [7, 11) is 1.59. The third kappa shape index (κ3) is 2.95. The summed E-state index contributed by atoms with van der Waals surface area (Å²) in [6, 6.07) is 20.4. The fourth-order valence-electron chi connectivity index (χ4n) is 4.03. The molecule has 2 heterocycles. The first-order valence-corrected chi connectivity index (χ1v) is 9.65. The van der Waals surface area contributed by atoms with Gasteiger partial charge in [0.2, 0.25) is 5.78 Å². The van der Waals surface area contributed by atoms with Gasteiger partial charge in [0.25, 0.3) is 0 Å². The van der Waals surface area contributed by atoms with E-state index in [0.29, 0.717) is 28.4 Å². The monoisotopic (exact) mass is 398 g/mol. The predicted molar refractivity (Wildman–Crippen MR) is 111 cm³/mol. The molecule has 0 aliphatic carbocycles. The second-order valence-corrected chi connectivity index (χ2v) is 7.18. The second-order valence-electron chi connectivity index (χ2n) is 7.18. The number of allylic oxidation sites excluding steroid dienone is 1. The fraction of sp³-hybridized carbons (Fsp3) is 0.120. The fourth-order valence-corrected chi connectivity index (χ4v) is 4.03. The van der Waals surface area contributed by atoms with Gasteiger partial charge in [-0.2, -0.15) is 0 Å². The van der Waals surface area contributed by atoms with Crippen molar-refractivity contribution in [3.63, 3.8) is 0 Å². The number of hydrogen-bond acceptors (Lipinski definition) is 5. The minimum absolute atomic E-state index is 0.138. The number of methoxy groups -OCH3 is 1. The number of para-hydroxylation sites is 1. The molecule has 1 atom stereocenters. The highest BCUT2D eigenvalue weighted by Crippen LogP contribution is 2.50. The van der Waals surface area contributed by atoms with Crippen LogP contribution < -0.4 is 14.2 Å². The maximum Gasteiger partial charge on any atom is 0.312 e. The first kappa shape index (κ1) is 18.2. The van der Waals surface area contributed by atoms with E-state index in [2.05, 4.69) is 0 Å². The van der Waals surface area contributed by atoms with Crippen molar-refractivity contribution in [1.82, 2.24) is 0 Å². The van der Waals surface area contributed by atoms with E-state index in [1.165, 1.54) is 0 Å². The van der Waals surface area contributed by atoms with Crippen LogP contribution in [-0.2, 0) is 4.79 Å². The lowest BCUT2D eigenvalue weighted by Gasteiger charge is -2.27. The number of benzene rings is 3. The van der Waals surface area contributed by atoms with E-state index < -0.39 is 0 Å². The van der Waals surface area contributed by atoms with Crippen molar-refractivity contribution in [1.29, 1.82) is 0 Å². The number of rotatable bonds is 3. The number of ketones is 1. The zero-order valence-corrected chi connectivity index (χ0v) is 16.3.